The highest BCUT2D eigenvalue weighted by Gasteiger charge is 2.13. The van der Waals surface area contributed by atoms with E-state index < -0.39 is 12.0 Å². The van der Waals surface area contributed by atoms with Gasteiger partial charge in [0.1, 0.15) is 5.75 Å². The number of aliphatic hydroxyl groups excluding tert-OH is 1. The number of para-hydroxylation sites is 1. The minimum absolute atomic E-state index is 0.0208. The zero-order valence-corrected chi connectivity index (χ0v) is 14.8. The third-order valence-electron chi connectivity index (χ3n) is 4.14. The lowest BCUT2D eigenvalue weighted by Gasteiger charge is -2.13. The number of phenols is 1. The first-order valence-corrected chi connectivity index (χ1v) is 8.88. The molecule has 6 N–H and O–H groups in total. The predicted octanol–water partition coefficient (Wildman–Crippen LogP) is 2.40. The van der Waals surface area contributed by atoms with E-state index in [9.17, 15) is 15.0 Å². The first-order valence-electron chi connectivity index (χ1n) is 8.88. The molecule has 0 aliphatic heterocycles. The number of amides is 1. The number of aliphatic hydroxyl groups is 1. The highest BCUT2D eigenvalue weighted by molar-refractivity contribution is 5.95. The number of nitrogens with two attached hydrogens (primary N) is 1. The Bertz CT molecular complexity index is 692. The van der Waals surface area contributed by atoms with Crippen LogP contribution in [-0.2, 0) is 0 Å². The van der Waals surface area contributed by atoms with E-state index in [4.69, 9.17) is 5.73 Å². The Kier molecular flexibility index (Phi) is 7.92. The monoisotopic (exact) mass is 357 g/mol. The average Bonchev–Trinajstić information content (AvgIpc) is 2.64. The molecule has 1 amide bonds. The van der Waals surface area contributed by atoms with Crippen LogP contribution in [0.3, 0.4) is 0 Å². The molecular weight excluding hydrogens is 330 g/mol. The smallest absolute Gasteiger partial charge is 0.252 e. The summed E-state index contributed by atoms with van der Waals surface area (Å²) in [6, 6.07) is 14.5. The number of hydrogen-bond donors (Lipinski definition) is 5. The topological polar surface area (TPSA) is 108 Å². The van der Waals surface area contributed by atoms with Gasteiger partial charge in [0.2, 0.25) is 0 Å². The van der Waals surface area contributed by atoms with Crippen LogP contribution in [0.4, 0.5) is 5.69 Å². The molecule has 1 atom stereocenters. The van der Waals surface area contributed by atoms with Crippen LogP contribution in [0, 0.1) is 0 Å². The van der Waals surface area contributed by atoms with Crippen molar-refractivity contribution in [3.8, 4) is 5.75 Å². The molecule has 0 aliphatic rings. The first-order chi connectivity index (χ1) is 12.6. The molecule has 6 heteroatoms. The molecule has 0 aromatic heterocycles. The Labute approximate surface area is 154 Å². The number of primary amides is 1. The summed E-state index contributed by atoms with van der Waals surface area (Å²) >= 11 is 0. The van der Waals surface area contributed by atoms with Crippen molar-refractivity contribution in [2.24, 2.45) is 5.73 Å². The van der Waals surface area contributed by atoms with Gasteiger partial charge in [-0.1, -0.05) is 30.7 Å². The van der Waals surface area contributed by atoms with Crippen molar-refractivity contribution in [3.05, 3.63) is 59.7 Å². The van der Waals surface area contributed by atoms with Crippen molar-refractivity contribution in [1.82, 2.24) is 5.32 Å². The van der Waals surface area contributed by atoms with Gasteiger partial charge in [-0.05, 0) is 49.2 Å². The molecule has 0 saturated carbocycles. The van der Waals surface area contributed by atoms with Crippen LogP contribution in [0.1, 0.15) is 41.3 Å². The van der Waals surface area contributed by atoms with Crippen LogP contribution in [0.25, 0.3) is 0 Å². The van der Waals surface area contributed by atoms with Gasteiger partial charge in [-0.25, -0.2) is 0 Å². The highest BCUT2D eigenvalue weighted by atomic mass is 16.3. The van der Waals surface area contributed by atoms with Gasteiger partial charge in [0.25, 0.3) is 5.91 Å². The molecule has 0 spiro atoms. The van der Waals surface area contributed by atoms with Gasteiger partial charge in [-0.15, -0.1) is 0 Å². The molecule has 0 heterocycles. The molecule has 1 unspecified atom stereocenters. The quantitative estimate of drug-likeness (QED) is 0.397. The summed E-state index contributed by atoms with van der Waals surface area (Å²) in [5.41, 5.74) is 6.91. The molecule has 26 heavy (non-hydrogen) atoms. The molecule has 0 fully saturated rings. The second-order valence-corrected chi connectivity index (χ2v) is 6.21. The van der Waals surface area contributed by atoms with Crippen LogP contribution < -0.4 is 16.4 Å². The summed E-state index contributed by atoms with van der Waals surface area (Å²) in [6.45, 7) is 2.13. The van der Waals surface area contributed by atoms with Crippen molar-refractivity contribution in [2.45, 2.75) is 25.4 Å². The molecule has 2 aromatic carbocycles. The molecule has 2 aromatic rings. The number of anilines is 1. The maximum Gasteiger partial charge on any atom is 0.252 e. The van der Waals surface area contributed by atoms with Gasteiger partial charge >= 0.3 is 0 Å². The summed E-state index contributed by atoms with van der Waals surface area (Å²) < 4.78 is 0. The summed E-state index contributed by atoms with van der Waals surface area (Å²) in [7, 11) is 0. The number of hydrogen-bond acceptors (Lipinski definition) is 5. The van der Waals surface area contributed by atoms with Crippen molar-refractivity contribution in [3.63, 3.8) is 0 Å². The van der Waals surface area contributed by atoms with E-state index >= 15 is 0 Å². The third kappa shape index (κ3) is 6.38. The Morgan fingerprint density at radius 1 is 1.04 bits per heavy atom. The number of benzene rings is 2. The number of carbonyl (C=O) groups is 1. The Balaban J connectivity index is 1.59. The molecule has 0 saturated heterocycles. The first kappa shape index (κ1) is 19.8. The number of unbranched alkanes of at least 4 members (excludes halogenated alkanes) is 2. The largest absolute Gasteiger partial charge is 0.507 e. The summed E-state index contributed by atoms with van der Waals surface area (Å²) in [5, 5.41) is 26.3. The van der Waals surface area contributed by atoms with Crippen molar-refractivity contribution >= 4 is 11.6 Å². The van der Waals surface area contributed by atoms with Crippen LogP contribution in [0.5, 0.6) is 5.75 Å². The fourth-order valence-corrected chi connectivity index (χ4v) is 2.66. The fraction of sp³-hybridized carbons (Fsp3) is 0.350. The van der Waals surface area contributed by atoms with Crippen molar-refractivity contribution in [2.75, 3.05) is 25.0 Å². The zero-order valence-electron chi connectivity index (χ0n) is 14.8. The Morgan fingerprint density at radius 2 is 1.77 bits per heavy atom. The van der Waals surface area contributed by atoms with Crippen LogP contribution in [0.15, 0.2) is 48.5 Å². The zero-order chi connectivity index (χ0) is 18.8. The number of carbonyl (C=O) groups excluding carboxylic acids is 1. The van der Waals surface area contributed by atoms with Crippen molar-refractivity contribution in [1.29, 1.82) is 0 Å². The van der Waals surface area contributed by atoms with E-state index in [1.165, 1.54) is 12.1 Å². The molecule has 6 nitrogen and oxygen atoms in total. The van der Waals surface area contributed by atoms with Crippen molar-refractivity contribution < 1.29 is 15.0 Å². The molecular formula is C20H27N3O3. The van der Waals surface area contributed by atoms with E-state index in [0.717, 1.165) is 38.0 Å². The van der Waals surface area contributed by atoms with E-state index in [0.29, 0.717) is 12.1 Å². The van der Waals surface area contributed by atoms with E-state index in [2.05, 4.69) is 22.8 Å². The van der Waals surface area contributed by atoms with E-state index in [1.54, 1.807) is 6.07 Å². The Morgan fingerprint density at radius 3 is 2.50 bits per heavy atom. The normalized spacial score (nSPS) is 11.9. The van der Waals surface area contributed by atoms with Crippen LogP contribution >= 0.6 is 0 Å². The molecule has 140 valence electrons. The predicted molar refractivity (Wildman–Crippen MR) is 103 cm³/mol. The molecule has 0 radical (unpaired) electrons. The second kappa shape index (κ2) is 10.4. The SMILES string of the molecule is NC(=O)c1cc(C(O)CNCCCCCNc2ccccc2)ccc1O. The fourth-order valence-electron chi connectivity index (χ4n) is 2.66. The van der Waals surface area contributed by atoms with Gasteiger partial charge in [0.15, 0.2) is 0 Å². The summed E-state index contributed by atoms with van der Waals surface area (Å²) in [5.74, 6) is -0.890. The molecule has 0 bridgehead atoms. The van der Waals surface area contributed by atoms with Gasteiger partial charge in [-0.3, -0.25) is 4.79 Å². The minimum Gasteiger partial charge on any atom is -0.507 e. The van der Waals surface area contributed by atoms with Gasteiger partial charge in [0.05, 0.1) is 11.7 Å². The number of aromatic hydroxyl groups is 1. The standard InChI is InChI=1S/C20H27N3O3/c21-20(26)17-13-15(9-10-18(17)24)19(25)14-22-11-5-2-6-12-23-16-7-3-1-4-8-16/h1,3-4,7-10,13,19,22-25H,2,5-6,11-12,14H2,(H2,21,26). The van der Waals surface area contributed by atoms with E-state index in [1.807, 2.05) is 18.2 Å². The number of rotatable bonds is 11. The van der Waals surface area contributed by atoms with Gasteiger partial charge < -0.3 is 26.6 Å². The maximum atomic E-state index is 11.2. The maximum absolute atomic E-state index is 11.2. The third-order valence-corrected chi connectivity index (χ3v) is 4.14. The summed E-state index contributed by atoms with van der Waals surface area (Å²) in [4.78, 5) is 11.2. The average molecular weight is 357 g/mol. The lowest BCUT2D eigenvalue weighted by molar-refractivity contribution is 0.0997. The lowest BCUT2D eigenvalue weighted by Crippen LogP contribution is -2.23. The van der Waals surface area contributed by atoms with Crippen LogP contribution in [-0.4, -0.2) is 35.8 Å². The molecule has 0 aliphatic carbocycles. The second-order valence-electron chi connectivity index (χ2n) is 6.21. The van der Waals surface area contributed by atoms with E-state index in [-0.39, 0.29) is 11.3 Å². The Hall–Kier alpha value is -2.57. The highest BCUT2D eigenvalue weighted by Crippen LogP contribution is 2.21. The van der Waals surface area contributed by atoms with Gasteiger partial charge in [0, 0.05) is 18.8 Å². The lowest BCUT2D eigenvalue weighted by atomic mass is 10.0. The van der Waals surface area contributed by atoms with Gasteiger partial charge in [-0.2, -0.15) is 0 Å². The number of nitrogens with one attached hydrogen (secondary N) is 2. The van der Waals surface area contributed by atoms with Crippen LogP contribution in [0.2, 0.25) is 0 Å². The minimum atomic E-state index is -0.756. The molecule has 2 rings (SSSR count). The summed E-state index contributed by atoms with van der Waals surface area (Å²) in [6.07, 6.45) is 2.44.